The Morgan fingerprint density at radius 2 is 1.00 bits per heavy atom. The van der Waals surface area contributed by atoms with Crippen molar-refractivity contribution in [3.8, 4) is 11.3 Å². The number of fused-ring (bicyclic) bond motifs is 1. The summed E-state index contributed by atoms with van der Waals surface area (Å²) in [5.74, 6) is 0. The molecule has 0 bridgehead atoms. The number of nitrogens with zero attached hydrogens (tertiary/aromatic N) is 2. The van der Waals surface area contributed by atoms with Gasteiger partial charge >= 0.3 is 0 Å². The summed E-state index contributed by atoms with van der Waals surface area (Å²) in [4.78, 5) is 9.99. The largest absolute Gasteiger partial charge is 0.249 e. The summed E-state index contributed by atoms with van der Waals surface area (Å²) in [6.45, 7) is 17.2. The number of aryl methyl sites for hydroxylation is 5. The van der Waals surface area contributed by atoms with E-state index in [1.54, 1.807) is 0 Å². The number of hydrogen-bond acceptors (Lipinski definition) is 2. The quantitative estimate of drug-likeness (QED) is 0.569. The van der Waals surface area contributed by atoms with Crippen LogP contribution < -0.4 is 0 Å². The predicted octanol–water partition coefficient (Wildman–Crippen LogP) is 5.76. The predicted molar refractivity (Wildman–Crippen MR) is 103 cm³/mol. The van der Waals surface area contributed by atoms with Crippen LogP contribution in [0.5, 0.6) is 0 Å². The molecular formula is C22H26N2. The van der Waals surface area contributed by atoms with E-state index in [2.05, 4.69) is 67.5 Å². The highest BCUT2D eigenvalue weighted by Crippen LogP contribution is 2.31. The van der Waals surface area contributed by atoms with Gasteiger partial charge in [-0.05, 0) is 106 Å². The summed E-state index contributed by atoms with van der Waals surface area (Å²) in [5, 5.41) is 0. The third-order valence-corrected chi connectivity index (χ3v) is 5.67. The molecule has 1 heterocycles. The van der Waals surface area contributed by atoms with E-state index in [1.807, 2.05) is 0 Å². The fourth-order valence-electron chi connectivity index (χ4n) is 3.41. The van der Waals surface area contributed by atoms with E-state index >= 15 is 0 Å². The Labute approximate surface area is 145 Å². The molecule has 3 aromatic rings. The van der Waals surface area contributed by atoms with Gasteiger partial charge in [-0.3, -0.25) is 0 Å². The van der Waals surface area contributed by atoms with Crippen molar-refractivity contribution in [2.24, 2.45) is 0 Å². The summed E-state index contributed by atoms with van der Waals surface area (Å²) in [6, 6.07) is 4.46. The third-order valence-electron chi connectivity index (χ3n) is 5.67. The molecule has 0 radical (unpaired) electrons. The Kier molecular flexibility index (Phi) is 3.95. The second kappa shape index (κ2) is 5.70. The Balaban J connectivity index is 2.37. The molecular weight excluding hydrogens is 292 g/mol. The van der Waals surface area contributed by atoms with Crippen LogP contribution in [-0.2, 0) is 0 Å². The lowest BCUT2D eigenvalue weighted by atomic mass is 9.95. The van der Waals surface area contributed by atoms with E-state index in [0.29, 0.717) is 0 Å². The van der Waals surface area contributed by atoms with Gasteiger partial charge in [0.1, 0.15) is 0 Å². The fourth-order valence-corrected chi connectivity index (χ4v) is 3.41. The van der Waals surface area contributed by atoms with Crippen molar-refractivity contribution in [1.82, 2.24) is 9.97 Å². The second-order valence-corrected chi connectivity index (χ2v) is 7.09. The van der Waals surface area contributed by atoms with E-state index in [-0.39, 0.29) is 0 Å². The van der Waals surface area contributed by atoms with Crippen molar-refractivity contribution in [2.45, 2.75) is 55.4 Å². The summed E-state index contributed by atoms with van der Waals surface area (Å²) in [6.07, 6.45) is 0. The van der Waals surface area contributed by atoms with Gasteiger partial charge < -0.3 is 0 Å². The Morgan fingerprint density at radius 1 is 0.542 bits per heavy atom. The molecule has 124 valence electrons. The fraction of sp³-hybridized carbons (Fsp3) is 0.364. The number of hydrogen-bond donors (Lipinski definition) is 0. The zero-order valence-electron chi connectivity index (χ0n) is 16.0. The van der Waals surface area contributed by atoms with Crippen molar-refractivity contribution in [2.75, 3.05) is 0 Å². The SMILES string of the molecule is Cc1cc(-c2nc3c(C)c(C)c(C)c(C)c3nc2C)cc(C)c1C. The molecule has 2 aromatic carbocycles. The first-order valence-electron chi connectivity index (χ1n) is 8.55. The smallest absolute Gasteiger partial charge is 0.0929 e. The highest BCUT2D eigenvalue weighted by atomic mass is 14.8. The molecule has 0 spiro atoms. The topological polar surface area (TPSA) is 25.8 Å². The zero-order valence-corrected chi connectivity index (χ0v) is 16.0. The lowest BCUT2D eigenvalue weighted by Crippen LogP contribution is -2.02. The van der Waals surface area contributed by atoms with Gasteiger partial charge in [-0.2, -0.15) is 0 Å². The van der Waals surface area contributed by atoms with Gasteiger partial charge in [0.15, 0.2) is 0 Å². The van der Waals surface area contributed by atoms with Crippen LogP contribution in [0.3, 0.4) is 0 Å². The molecule has 0 fully saturated rings. The van der Waals surface area contributed by atoms with Crippen LogP contribution in [0, 0.1) is 55.4 Å². The molecule has 0 saturated carbocycles. The highest BCUT2D eigenvalue weighted by Gasteiger charge is 2.15. The molecule has 2 nitrogen and oxygen atoms in total. The molecule has 0 N–H and O–H groups in total. The number of benzene rings is 2. The highest BCUT2D eigenvalue weighted by molar-refractivity contribution is 5.86. The molecule has 0 atom stereocenters. The van der Waals surface area contributed by atoms with Crippen molar-refractivity contribution >= 4 is 11.0 Å². The molecule has 0 amide bonds. The van der Waals surface area contributed by atoms with Crippen LogP contribution in [-0.4, -0.2) is 9.97 Å². The molecule has 0 unspecified atom stereocenters. The zero-order chi connectivity index (χ0) is 17.8. The van der Waals surface area contributed by atoms with E-state index in [1.165, 1.54) is 38.9 Å². The number of rotatable bonds is 1. The maximum Gasteiger partial charge on any atom is 0.0929 e. The lowest BCUT2D eigenvalue weighted by Gasteiger charge is -2.16. The molecule has 3 rings (SSSR count). The summed E-state index contributed by atoms with van der Waals surface area (Å²) in [7, 11) is 0. The minimum absolute atomic E-state index is 0.996. The molecule has 0 aliphatic carbocycles. The van der Waals surface area contributed by atoms with Gasteiger partial charge in [-0.25, -0.2) is 9.97 Å². The first kappa shape index (κ1) is 16.6. The van der Waals surface area contributed by atoms with E-state index in [4.69, 9.17) is 9.97 Å². The van der Waals surface area contributed by atoms with Gasteiger partial charge in [0.25, 0.3) is 0 Å². The third kappa shape index (κ3) is 2.41. The van der Waals surface area contributed by atoms with Crippen LogP contribution in [0.4, 0.5) is 0 Å². The average Bonchev–Trinajstić information content (AvgIpc) is 2.55. The van der Waals surface area contributed by atoms with E-state index in [0.717, 1.165) is 28.0 Å². The van der Waals surface area contributed by atoms with Gasteiger partial charge in [-0.1, -0.05) is 0 Å². The molecule has 0 saturated heterocycles. The van der Waals surface area contributed by atoms with Crippen molar-refractivity contribution < 1.29 is 0 Å². The summed E-state index contributed by atoms with van der Waals surface area (Å²) < 4.78 is 0. The molecule has 2 heteroatoms. The standard InChI is InChI=1S/C22H26N2/c1-11-9-19(10-12(2)13(11)3)22-18(8)23-20-16(6)14(4)15(5)17(7)21(20)24-22/h9-10H,1-8H3. The summed E-state index contributed by atoms with van der Waals surface area (Å²) in [5.41, 5.74) is 14.3. The van der Waals surface area contributed by atoms with Crippen LogP contribution in [0.2, 0.25) is 0 Å². The minimum Gasteiger partial charge on any atom is -0.249 e. The Hall–Kier alpha value is -2.22. The van der Waals surface area contributed by atoms with Gasteiger partial charge in [0.2, 0.25) is 0 Å². The van der Waals surface area contributed by atoms with Crippen LogP contribution in [0.1, 0.15) is 44.6 Å². The van der Waals surface area contributed by atoms with Crippen LogP contribution in [0.25, 0.3) is 22.3 Å². The van der Waals surface area contributed by atoms with Crippen LogP contribution >= 0.6 is 0 Å². The first-order valence-corrected chi connectivity index (χ1v) is 8.55. The van der Waals surface area contributed by atoms with Gasteiger partial charge in [0, 0.05) is 5.56 Å². The van der Waals surface area contributed by atoms with E-state index < -0.39 is 0 Å². The molecule has 1 aromatic heterocycles. The minimum atomic E-state index is 0.996. The van der Waals surface area contributed by atoms with Crippen LogP contribution in [0.15, 0.2) is 12.1 Å². The van der Waals surface area contributed by atoms with Crippen molar-refractivity contribution in [3.05, 3.63) is 56.8 Å². The van der Waals surface area contributed by atoms with Crippen molar-refractivity contribution in [1.29, 1.82) is 0 Å². The molecule has 0 aliphatic rings. The number of aromatic nitrogens is 2. The van der Waals surface area contributed by atoms with E-state index in [9.17, 15) is 0 Å². The lowest BCUT2D eigenvalue weighted by molar-refractivity contribution is 1.14. The van der Waals surface area contributed by atoms with Gasteiger partial charge in [-0.15, -0.1) is 0 Å². The Bertz CT molecular complexity index is 958. The first-order chi connectivity index (χ1) is 11.2. The maximum atomic E-state index is 5.06. The van der Waals surface area contributed by atoms with Gasteiger partial charge in [0.05, 0.1) is 22.4 Å². The maximum absolute atomic E-state index is 5.06. The Morgan fingerprint density at radius 3 is 1.50 bits per heavy atom. The molecule has 24 heavy (non-hydrogen) atoms. The average molecular weight is 318 g/mol. The van der Waals surface area contributed by atoms with Crippen molar-refractivity contribution in [3.63, 3.8) is 0 Å². The normalized spacial score (nSPS) is 11.3. The monoisotopic (exact) mass is 318 g/mol. The molecule has 0 aliphatic heterocycles. The summed E-state index contributed by atoms with van der Waals surface area (Å²) >= 11 is 0. The second-order valence-electron chi connectivity index (χ2n) is 7.09.